The number of nitrogens with one attached hydrogen (secondary N) is 1. The minimum atomic E-state index is -0.482. The van der Waals surface area contributed by atoms with E-state index >= 15 is 0 Å². The molecule has 18 heavy (non-hydrogen) atoms. The van der Waals surface area contributed by atoms with E-state index in [4.69, 9.17) is 14.7 Å². The number of ether oxygens (including phenoxy) is 2. The molecule has 98 valence electrons. The number of benzene rings is 1. The summed E-state index contributed by atoms with van der Waals surface area (Å²) in [6, 6.07) is 7.91. The van der Waals surface area contributed by atoms with Crippen LogP contribution in [0, 0.1) is 11.3 Å². The highest BCUT2D eigenvalue weighted by Crippen LogP contribution is 2.30. The molecule has 0 fully saturated rings. The smallest absolute Gasteiger partial charge is 0.181 e. The zero-order valence-electron chi connectivity index (χ0n) is 11.4. The highest BCUT2D eigenvalue weighted by molar-refractivity contribution is 5.42. The largest absolute Gasteiger partial charge is 0.497 e. The third-order valence-electron chi connectivity index (χ3n) is 2.68. The standard InChI is InChI=1S/C14H20N2O2/c1-5-16-11(3)13-7-6-12(17-4)8-14(13)18-10(2)9-15/h6-8,10-11,16H,5H2,1-4H3. The lowest BCUT2D eigenvalue weighted by Gasteiger charge is -2.19. The molecule has 0 aromatic heterocycles. The lowest BCUT2D eigenvalue weighted by atomic mass is 10.1. The topological polar surface area (TPSA) is 54.3 Å². The summed E-state index contributed by atoms with van der Waals surface area (Å²) in [5, 5.41) is 12.2. The Morgan fingerprint density at radius 1 is 1.39 bits per heavy atom. The first kappa shape index (κ1) is 14.3. The molecule has 1 N–H and O–H groups in total. The maximum Gasteiger partial charge on any atom is 0.181 e. The molecular formula is C14H20N2O2. The van der Waals surface area contributed by atoms with Crippen LogP contribution >= 0.6 is 0 Å². The molecule has 0 radical (unpaired) electrons. The van der Waals surface area contributed by atoms with E-state index < -0.39 is 6.10 Å². The SMILES string of the molecule is CCNC(C)c1ccc(OC)cc1OC(C)C#N. The van der Waals surface area contributed by atoms with E-state index in [1.807, 2.05) is 18.2 Å². The minimum Gasteiger partial charge on any atom is -0.497 e. The predicted molar refractivity (Wildman–Crippen MR) is 70.8 cm³/mol. The second-order valence-electron chi connectivity index (χ2n) is 4.07. The summed E-state index contributed by atoms with van der Waals surface area (Å²) in [5.41, 5.74) is 1.03. The van der Waals surface area contributed by atoms with Crippen LogP contribution < -0.4 is 14.8 Å². The zero-order valence-corrected chi connectivity index (χ0v) is 11.4. The van der Waals surface area contributed by atoms with Gasteiger partial charge in [0.1, 0.15) is 17.6 Å². The molecule has 2 unspecified atom stereocenters. The summed E-state index contributed by atoms with van der Waals surface area (Å²) < 4.78 is 10.8. The first-order chi connectivity index (χ1) is 8.62. The van der Waals surface area contributed by atoms with Crippen LogP contribution in [-0.2, 0) is 0 Å². The van der Waals surface area contributed by atoms with Crippen molar-refractivity contribution in [2.24, 2.45) is 0 Å². The van der Waals surface area contributed by atoms with E-state index in [-0.39, 0.29) is 6.04 Å². The van der Waals surface area contributed by atoms with Crippen LogP contribution in [0.3, 0.4) is 0 Å². The van der Waals surface area contributed by atoms with E-state index in [1.165, 1.54) is 0 Å². The molecular weight excluding hydrogens is 228 g/mol. The summed E-state index contributed by atoms with van der Waals surface area (Å²) in [4.78, 5) is 0. The van der Waals surface area contributed by atoms with Gasteiger partial charge in [0.25, 0.3) is 0 Å². The summed E-state index contributed by atoms with van der Waals surface area (Å²) in [6.45, 7) is 6.72. The molecule has 0 aliphatic heterocycles. The van der Waals surface area contributed by atoms with E-state index in [1.54, 1.807) is 14.0 Å². The molecule has 0 amide bonds. The fourth-order valence-electron chi connectivity index (χ4n) is 1.73. The van der Waals surface area contributed by atoms with Gasteiger partial charge < -0.3 is 14.8 Å². The number of methoxy groups -OCH3 is 1. The minimum absolute atomic E-state index is 0.168. The van der Waals surface area contributed by atoms with Crippen molar-refractivity contribution in [1.82, 2.24) is 5.32 Å². The number of rotatable bonds is 6. The van der Waals surface area contributed by atoms with Gasteiger partial charge in [0.15, 0.2) is 6.10 Å². The van der Waals surface area contributed by atoms with Crippen LogP contribution in [0.2, 0.25) is 0 Å². The number of nitriles is 1. The van der Waals surface area contributed by atoms with E-state index in [0.717, 1.165) is 17.9 Å². The van der Waals surface area contributed by atoms with Crippen molar-refractivity contribution in [2.45, 2.75) is 32.9 Å². The van der Waals surface area contributed by atoms with Gasteiger partial charge in [-0.3, -0.25) is 0 Å². The number of hydrogen-bond donors (Lipinski definition) is 1. The van der Waals surface area contributed by atoms with E-state index in [2.05, 4.69) is 25.2 Å². The Morgan fingerprint density at radius 2 is 2.11 bits per heavy atom. The van der Waals surface area contributed by atoms with Crippen molar-refractivity contribution in [3.63, 3.8) is 0 Å². The summed E-state index contributed by atoms with van der Waals surface area (Å²) in [5.74, 6) is 1.42. The van der Waals surface area contributed by atoms with Gasteiger partial charge in [0.2, 0.25) is 0 Å². The quantitative estimate of drug-likeness (QED) is 0.841. The van der Waals surface area contributed by atoms with Crippen LogP contribution in [0.5, 0.6) is 11.5 Å². The lowest BCUT2D eigenvalue weighted by Crippen LogP contribution is -2.19. The summed E-state index contributed by atoms with van der Waals surface area (Å²) >= 11 is 0. The van der Waals surface area contributed by atoms with Crippen LogP contribution in [0.25, 0.3) is 0 Å². The van der Waals surface area contributed by atoms with Gasteiger partial charge in [-0.2, -0.15) is 5.26 Å². The summed E-state index contributed by atoms with van der Waals surface area (Å²) in [7, 11) is 1.61. The zero-order chi connectivity index (χ0) is 13.5. The van der Waals surface area contributed by atoms with Gasteiger partial charge in [-0.15, -0.1) is 0 Å². The van der Waals surface area contributed by atoms with Crippen molar-refractivity contribution in [3.05, 3.63) is 23.8 Å². The normalized spacial score (nSPS) is 13.5. The van der Waals surface area contributed by atoms with Crippen molar-refractivity contribution in [2.75, 3.05) is 13.7 Å². The molecule has 1 rings (SSSR count). The monoisotopic (exact) mass is 248 g/mol. The molecule has 4 heteroatoms. The highest BCUT2D eigenvalue weighted by atomic mass is 16.5. The summed E-state index contributed by atoms with van der Waals surface area (Å²) in [6.07, 6.45) is -0.482. The highest BCUT2D eigenvalue weighted by Gasteiger charge is 2.14. The molecule has 1 aromatic carbocycles. The molecule has 0 aliphatic carbocycles. The van der Waals surface area contributed by atoms with Gasteiger partial charge in [0.05, 0.1) is 7.11 Å². The average molecular weight is 248 g/mol. The first-order valence-electron chi connectivity index (χ1n) is 6.10. The molecule has 0 bridgehead atoms. The Balaban J connectivity index is 3.04. The molecule has 0 saturated carbocycles. The maximum atomic E-state index is 8.83. The Morgan fingerprint density at radius 3 is 2.67 bits per heavy atom. The van der Waals surface area contributed by atoms with Gasteiger partial charge in [-0.05, 0) is 26.5 Å². The van der Waals surface area contributed by atoms with Crippen LogP contribution in [0.1, 0.15) is 32.4 Å². The van der Waals surface area contributed by atoms with Crippen LogP contribution in [0.15, 0.2) is 18.2 Å². The van der Waals surface area contributed by atoms with Gasteiger partial charge in [0, 0.05) is 17.7 Å². The number of hydrogen-bond acceptors (Lipinski definition) is 4. The second-order valence-corrected chi connectivity index (χ2v) is 4.07. The van der Waals surface area contributed by atoms with Crippen LogP contribution in [0.4, 0.5) is 0 Å². The van der Waals surface area contributed by atoms with Crippen molar-refractivity contribution >= 4 is 0 Å². The Hall–Kier alpha value is -1.73. The van der Waals surface area contributed by atoms with Gasteiger partial charge in [-0.25, -0.2) is 0 Å². The molecule has 4 nitrogen and oxygen atoms in total. The Labute approximate surface area is 109 Å². The van der Waals surface area contributed by atoms with E-state index in [9.17, 15) is 0 Å². The van der Waals surface area contributed by atoms with E-state index in [0.29, 0.717) is 5.75 Å². The molecule has 0 spiro atoms. The maximum absolute atomic E-state index is 8.83. The number of nitrogens with zero attached hydrogens (tertiary/aromatic N) is 1. The molecule has 0 heterocycles. The predicted octanol–water partition coefficient (Wildman–Crippen LogP) is 2.66. The Kier molecular flexibility index (Phi) is 5.47. The average Bonchev–Trinajstić information content (AvgIpc) is 2.38. The fourth-order valence-corrected chi connectivity index (χ4v) is 1.73. The van der Waals surface area contributed by atoms with Gasteiger partial charge in [-0.1, -0.05) is 13.0 Å². The van der Waals surface area contributed by atoms with Crippen molar-refractivity contribution in [1.29, 1.82) is 5.26 Å². The third kappa shape index (κ3) is 3.64. The van der Waals surface area contributed by atoms with Crippen molar-refractivity contribution in [3.8, 4) is 17.6 Å². The fraction of sp³-hybridized carbons (Fsp3) is 0.500. The van der Waals surface area contributed by atoms with Crippen molar-refractivity contribution < 1.29 is 9.47 Å². The first-order valence-corrected chi connectivity index (χ1v) is 6.10. The molecule has 0 saturated heterocycles. The van der Waals surface area contributed by atoms with Gasteiger partial charge >= 0.3 is 0 Å². The lowest BCUT2D eigenvalue weighted by molar-refractivity contribution is 0.269. The second kappa shape index (κ2) is 6.87. The van der Waals surface area contributed by atoms with Crippen LogP contribution in [-0.4, -0.2) is 19.8 Å². The molecule has 0 aliphatic rings. The Bertz CT molecular complexity index is 426. The molecule has 2 atom stereocenters. The molecule has 1 aromatic rings. The third-order valence-corrected chi connectivity index (χ3v) is 2.68.